The van der Waals surface area contributed by atoms with Gasteiger partial charge < -0.3 is 29.6 Å². The topological polar surface area (TPSA) is 127 Å². The first-order valence-electron chi connectivity index (χ1n) is 16.9. The zero-order valence-electron chi connectivity index (χ0n) is 28.9. The van der Waals surface area contributed by atoms with Crippen molar-refractivity contribution >= 4 is 59.9 Å². The second-order valence-corrected chi connectivity index (χ2v) is 15.5. The fourth-order valence-corrected chi connectivity index (χ4v) is 7.64. The number of hydrogen-bond acceptors (Lipinski definition) is 7. The van der Waals surface area contributed by atoms with Gasteiger partial charge in [-0.05, 0) is 68.1 Å². The van der Waals surface area contributed by atoms with E-state index in [4.69, 9.17) is 37.2 Å². The van der Waals surface area contributed by atoms with Crippen molar-refractivity contribution in [3.05, 3.63) is 78.9 Å². The van der Waals surface area contributed by atoms with E-state index in [-0.39, 0.29) is 36.1 Å². The van der Waals surface area contributed by atoms with Crippen molar-refractivity contribution in [2.24, 2.45) is 17.3 Å². The van der Waals surface area contributed by atoms with E-state index in [9.17, 15) is 19.2 Å². The molecule has 0 aromatic heterocycles. The maximum Gasteiger partial charge on any atom is 0.482 e. The monoisotopic (exact) mass is 726 g/mol. The molecule has 2 aromatic rings. The van der Waals surface area contributed by atoms with Crippen molar-refractivity contribution in [1.29, 1.82) is 0 Å². The molecule has 2 saturated heterocycles. The molecular weight excluding hydrogens is 682 g/mol. The Morgan fingerprint density at radius 1 is 1.08 bits per heavy atom. The number of benzene rings is 2. The van der Waals surface area contributed by atoms with E-state index in [0.717, 1.165) is 23.3 Å². The SMILES string of the molecule is C=CC[C@H](NC(=O)[C@@H]1CN(CC(=O)Nc2ccccc2)C(=O)N1C(=O)OCc1ccccc1)B1OC2CC3CC(C3(C)C)[C@]2(C)O1.CC(Cl)Cl. The van der Waals surface area contributed by atoms with Crippen LogP contribution in [0.3, 0.4) is 0 Å². The summed E-state index contributed by atoms with van der Waals surface area (Å²) in [5, 5.41) is 5.72. The second-order valence-electron chi connectivity index (χ2n) is 14.0. The van der Waals surface area contributed by atoms with Crippen LogP contribution in [-0.2, 0) is 30.2 Å². The number of anilines is 1. The van der Waals surface area contributed by atoms with Gasteiger partial charge in [-0.15, -0.1) is 29.8 Å². The van der Waals surface area contributed by atoms with Crippen molar-refractivity contribution in [3.8, 4) is 0 Å². The maximum absolute atomic E-state index is 13.9. The molecule has 2 bridgehead atoms. The molecule has 0 radical (unpaired) electrons. The zero-order valence-corrected chi connectivity index (χ0v) is 30.4. The van der Waals surface area contributed by atoms with Gasteiger partial charge in [-0.25, -0.2) is 14.5 Å². The van der Waals surface area contributed by atoms with Gasteiger partial charge in [0.2, 0.25) is 11.8 Å². The van der Waals surface area contributed by atoms with Crippen LogP contribution in [0.4, 0.5) is 15.3 Å². The molecule has 3 saturated carbocycles. The van der Waals surface area contributed by atoms with Gasteiger partial charge in [-0.3, -0.25) is 9.59 Å². The third kappa shape index (κ3) is 8.14. The van der Waals surface area contributed by atoms with Crippen LogP contribution in [0.25, 0.3) is 0 Å². The lowest BCUT2D eigenvalue weighted by molar-refractivity contribution is -0.199. The van der Waals surface area contributed by atoms with Gasteiger partial charge in [0.1, 0.15) is 24.0 Å². The van der Waals surface area contributed by atoms with Gasteiger partial charge in [-0.2, -0.15) is 0 Å². The van der Waals surface area contributed by atoms with Crippen molar-refractivity contribution in [2.75, 3.05) is 18.4 Å². The van der Waals surface area contributed by atoms with E-state index in [1.165, 1.54) is 4.90 Å². The second kappa shape index (κ2) is 15.8. The quantitative estimate of drug-likeness (QED) is 0.170. The molecule has 14 heteroatoms. The molecule has 2 N–H and O–H groups in total. The van der Waals surface area contributed by atoms with Crippen LogP contribution in [0.1, 0.15) is 52.5 Å². The number of nitrogens with zero attached hydrogens (tertiary/aromatic N) is 2. The van der Waals surface area contributed by atoms with Crippen molar-refractivity contribution in [2.45, 2.75) is 82.1 Å². The summed E-state index contributed by atoms with van der Waals surface area (Å²) in [4.78, 5) is 55.4. The van der Waals surface area contributed by atoms with Gasteiger partial charge in [0.15, 0.2) is 0 Å². The lowest BCUT2D eigenvalue weighted by Gasteiger charge is -2.64. The molecule has 50 heavy (non-hydrogen) atoms. The highest BCUT2D eigenvalue weighted by Gasteiger charge is 2.68. The molecule has 6 atom stereocenters. The number of hydrogen-bond donors (Lipinski definition) is 2. The maximum atomic E-state index is 13.9. The predicted octanol–water partition coefficient (Wildman–Crippen LogP) is 6.21. The van der Waals surface area contributed by atoms with E-state index in [2.05, 4.69) is 38.0 Å². The predicted molar refractivity (Wildman–Crippen MR) is 192 cm³/mol. The number of amides is 5. The van der Waals surface area contributed by atoms with Crippen LogP contribution in [0.2, 0.25) is 0 Å². The summed E-state index contributed by atoms with van der Waals surface area (Å²) in [6, 6.07) is 15.8. The number of nitrogens with one attached hydrogen (secondary N) is 2. The molecule has 7 rings (SSSR count). The first kappa shape index (κ1) is 37.7. The Balaban J connectivity index is 0.00000115. The number of ether oxygens (including phenoxy) is 1. The van der Waals surface area contributed by atoms with Crippen LogP contribution >= 0.6 is 23.2 Å². The Kier molecular flexibility index (Phi) is 11.9. The molecule has 3 aliphatic carbocycles. The minimum atomic E-state index is -1.25. The standard InChI is InChI=1S/C34H41BN4O7.C2H4Cl2/c1-5-12-28(35-45-27-18-23-17-26(33(23,2)3)34(27,4)46-35)37-30(41)25-19-38(20-29(40)36-24-15-10-7-11-16-24)31(42)39(25)32(43)44-21-22-13-8-6-9-14-22;1-2(3)4/h5-11,13-16,23,25-28H,1,12,17-21H2,2-4H3,(H,36,40)(H,37,41);2H,1H3/t23?,25-,26?,27?,28-,34-;/m0./s1. The van der Waals surface area contributed by atoms with Crippen LogP contribution in [-0.4, -0.2) is 82.5 Å². The highest BCUT2D eigenvalue weighted by molar-refractivity contribution is 6.48. The summed E-state index contributed by atoms with van der Waals surface area (Å²) >= 11 is 10.1. The smallest absolute Gasteiger partial charge is 0.444 e. The Bertz CT molecular complexity index is 1550. The van der Waals surface area contributed by atoms with Gasteiger partial charge >= 0.3 is 19.2 Å². The normalized spacial score (nSPS) is 26.6. The molecule has 2 aromatic carbocycles. The van der Waals surface area contributed by atoms with E-state index in [0.29, 0.717) is 23.9 Å². The van der Waals surface area contributed by atoms with Crippen LogP contribution in [0.15, 0.2) is 73.3 Å². The van der Waals surface area contributed by atoms with Gasteiger partial charge in [-0.1, -0.05) is 68.5 Å². The molecule has 5 aliphatic rings. The third-order valence-electron chi connectivity index (χ3n) is 10.3. The summed E-state index contributed by atoms with van der Waals surface area (Å²) in [5.74, 6) is -0.755. The molecule has 3 unspecified atom stereocenters. The van der Waals surface area contributed by atoms with Gasteiger partial charge in [0.05, 0.1) is 24.2 Å². The fraction of sp³-hybridized carbons (Fsp3) is 0.500. The van der Waals surface area contributed by atoms with E-state index >= 15 is 0 Å². The summed E-state index contributed by atoms with van der Waals surface area (Å²) in [6.45, 7) is 11.6. The summed E-state index contributed by atoms with van der Waals surface area (Å²) in [6.07, 6.45) is 2.94. The zero-order chi connectivity index (χ0) is 36.2. The van der Waals surface area contributed by atoms with E-state index in [1.54, 1.807) is 61.5 Å². The Morgan fingerprint density at radius 2 is 1.72 bits per heavy atom. The molecule has 11 nitrogen and oxygen atoms in total. The lowest BCUT2D eigenvalue weighted by Crippen LogP contribution is -2.65. The largest absolute Gasteiger partial charge is 0.482 e. The highest BCUT2D eigenvalue weighted by atomic mass is 35.5. The number of para-hydroxylation sites is 1. The van der Waals surface area contributed by atoms with E-state index in [1.807, 2.05) is 12.1 Å². The molecule has 5 amide bonds. The summed E-state index contributed by atoms with van der Waals surface area (Å²) < 4.78 is 18.5. The number of carbonyl (C=O) groups is 4. The first-order valence-corrected chi connectivity index (χ1v) is 17.8. The Hall–Kier alpha value is -3.58. The molecule has 2 aliphatic heterocycles. The molecule has 5 fully saturated rings. The molecule has 2 heterocycles. The average Bonchev–Trinajstić information content (AvgIpc) is 3.60. The number of urea groups is 1. The molecule has 268 valence electrons. The van der Waals surface area contributed by atoms with Crippen molar-refractivity contribution in [1.82, 2.24) is 15.1 Å². The van der Waals surface area contributed by atoms with Crippen LogP contribution in [0, 0.1) is 17.3 Å². The van der Waals surface area contributed by atoms with E-state index < -0.39 is 48.6 Å². The van der Waals surface area contributed by atoms with Gasteiger partial charge in [0.25, 0.3) is 0 Å². The first-order chi connectivity index (χ1) is 23.7. The molecule has 0 spiro atoms. The number of alkyl halides is 2. The third-order valence-corrected chi connectivity index (χ3v) is 10.3. The number of imide groups is 1. The fourth-order valence-electron chi connectivity index (χ4n) is 7.64. The number of carbonyl (C=O) groups excluding carboxylic acids is 4. The molecular formula is C36H45BCl2N4O7. The van der Waals surface area contributed by atoms with Gasteiger partial charge in [0, 0.05) is 5.69 Å². The Morgan fingerprint density at radius 3 is 2.34 bits per heavy atom. The minimum absolute atomic E-state index is 0.0883. The lowest BCUT2D eigenvalue weighted by atomic mass is 9.43. The van der Waals surface area contributed by atoms with Crippen molar-refractivity contribution in [3.63, 3.8) is 0 Å². The highest BCUT2D eigenvalue weighted by Crippen LogP contribution is 2.65. The Labute approximate surface area is 304 Å². The summed E-state index contributed by atoms with van der Waals surface area (Å²) in [5.41, 5.74) is 0.959. The minimum Gasteiger partial charge on any atom is -0.444 e. The van der Waals surface area contributed by atoms with Crippen molar-refractivity contribution < 1.29 is 33.2 Å². The van der Waals surface area contributed by atoms with Crippen LogP contribution < -0.4 is 10.6 Å². The number of halogens is 2. The number of rotatable bonds is 10. The summed E-state index contributed by atoms with van der Waals surface area (Å²) in [7, 11) is -0.726. The average molecular weight is 727 g/mol. The van der Waals surface area contributed by atoms with Crippen LogP contribution in [0.5, 0.6) is 0 Å².